The van der Waals surface area contributed by atoms with Crippen LogP contribution in [0.5, 0.6) is 0 Å². The second-order valence-corrected chi connectivity index (χ2v) is 4.92. The lowest BCUT2D eigenvalue weighted by Gasteiger charge is -2.08. The predicted molar refractivity (Wildman–Crippen MR) is 73.9 cm³/mol. The minimum absolute atomic E-state index is 0.0285. The van der Waals surface area contributed by atoms with Crippen LogP contribution in [0.4, 0.5) is 19.3 Å². The summed E-state index contributed by atoms with van der Waals surface area (Å²) in [5.41, 5.74) is 0.656. The van der Waals surface area contributed by atoms with Crippen molar-refractivity contribution in [2.45, 2.75) is 18.4 Å². The van der Waals surface area contributed by atoms with Crippen molar-refractivity contribution in [3.05, 3.63) is 59.9 Å². The number of amides is 2. The summed E-state index contributed by atoms with van der Waals surface area (Å²) in [6.07, 6.45) is 3.08. The van der Waals surface area contributed by atoms with Gasteiger partial charge in [-0.2, -0.15) is 0 Å². The van der Waals surface area contributed by atoms with E-state index in [-0.39, 0.29) is 23.5 Å². The molecular formula is C15H13F2N3O. The molecule has 0 saturated heterocycles. The minimum atomic E-state index is -0.603. The Bertz CT molecular complexity index is 677. The lowest BCUT2D eigenvalue weighted by atomic mass is 10.1. The van der Waals surface area contributed by atoms with Gasteiger partial charge in [-0.3, -0.25) is 4.98 Å². The van der Waals surface area contributed by atoms with E-state index in [1.54, 1.807) is 18.2 Å². The third-order valence-corrected chi connectivity index (χ3v) is 3.43. The zero-order chi connectivity index (χ0) is 14.8. The van der Waals surface area contributed by atoms with Crippen molar-refractivity contribution in [1.29, 1.82) is 0 Å². The summed E-state index contributed by atoms with van der Waals surface area (Å²) in [7, 11) is 0. The first-order chi connectivity index (χ1) is 10.1. The number of hydrogen-bond acceptors (Lipinski definition) is 2. The average molecular weight is 289 g/mol. The summed E-state index contributed by atoms with van der Waals surface area (Å²) in [5, 5.41) is 5.11. The van der Waals surface area contributed by atoms with Gasteiger partial charge in [0.1, 0.15) is 5.82 Å². The van der Waals surface area contributed by atoms with Crippen molar-refractivity contribution >= 4 is 11.7 Å². The van der Waals surface area contributed by atoms with E-state index in [4.69, 9.17) is 0 Å². The molecule has 1 aliphatic rings. The summed E-state index contributed by atoms with van der Waals surface area (Å²) < 4.78 is 26.9. The van der Waals surface area contributed by atoms with E-state index in [9.17, 15) is 13.6 Å². The minimum Gasteiger partial charge on any atom is -0.334 e. The number of nitrogens with zero attached hydrogens (tertiary/aromatic N) is 1. The lowest BCUT2D eigenvalue weighted by Crippen LogP contribution is -2.31. The van der Waals surface area contributed by atoms with Crippen LogP contribution in [0.15, 0.2) is 42.7 Å². The molecular weight excluding hydrogens is 276 g/mol. The number of pyridine rings is 1. The Balaban J connectivity index is 1.58. The normalized spacial score (nSPS) is 19.9. The number of nitrogens with one attached hydrogen (secondary N) is 2. The van der Waals surface area contributed by atoms with E-state index >= 15 is 0 Å². The number of carbonyl (C=O) groups excluding carboxylic acids is 1. The molecule has 3 rings (SSSR count). The second-order valence-electron chi connectivity index (χ2n) is 4.92. The van der Waals surface area contributed by atoms with E-state index in [1.807, 2.05) is 0 Å². The van der Waals surface area contributed by atoms with E-state index < -0.39 is 11.8 Å². The molecule has 1 saturated carbocycles. The molecule has 1 aromatic heterocycles. The first kappa shape index (κ1) is 13.5. The third kappa shape index (κ3) is 2.99. The maximum Gasteiger partial charge on any atom is 0.319 e. The van der Waals surface area contributed by atoms with E-state index in [1.165, 1.54) is 18.3 Å². The van der Waals surface area contributed by atoms with Crippen molar-refractivity contribution in [2.75, 3.05) is 5.32 Å². The zero-order valence-electron chi connectivity index (χ0n) is 11.0. The second kappa shape index (κ2) is 5.47. The van der Waals surface area contributed by atoms with Gasteiger partial charge in [0.15, 0.2) is 5.82 Å². The highest BCUT2D eigenvalue weighted by Crippen LogP contribution is 2.41. The summed E-state index contributed by atoms with van der Waals surface area (Å²) in [6.45, 7) is 0. The fourth-order valence-electron chi connectivity index (χ4n) is 2.28. The molecule has 2 aromatic rings. The van der Waals surface area contributed by atoms with E-state index in [0.717, 1.165) is 6.20 Å². The fourth-order valence-corrected chi connectivity index (χ4v) is 2.28. The summed E-state index contributed by atoms with van der Waals surface area (Å²) in [4.78, 5) is 15.4. The van der Waals surface area contributed by atoms with Gasteiger partial charge in [-0.25, -0.2) is 13.6 Å². The van der Waals surface area contributed by atoms with Crippen LogP contribution in [-0.4, -0.2) is 17.1 Å². The highest BCUT2D eigenvalue weighted by molar-refractivity contribution is 5.89. The van der Waals surface area contributed by atoms with Crippen molar-refractivity contribution in [3.8, 4) is 0 Å². The van der Waals surface area contributed by atoms with Crippen LogP contribution in [0, 0.1) is 11.6 Å². The molecule has 2 unspecified atom stereocenters. The largest absolute Gasteiger partial charge is 0.334 e. The molecule has 4 nitrogen and oxygen atoms in total. The lowest BCUT2D eigenvalue weighted by molar-refractivity contribution is 0.251. The van der Waals surface area contributed by atoms with Crippen LogP contribution in [0.2, 0.25) is 0 Å². The smallest absolute Gasteiger partial charge is 0.319 e. The first-order valence-corrected chi connectivity index (χ1v) is 6.56. The van der Waals surface area contributed by atoms with Crippen LogP contribution in [0.1, 0.15) is 17.9 Å². The maximum absolute atomic E-state index is 13.6. The van der Waals surface area contributed by atoms with Gasteiger partial charge in [-0.1, -0.05) is 18.2 Å². The number of benzene rings is 1. The standard InChI is InChI=1S/C15H13F2N3O/c16-11-4-2-1-3-9(11)10-7-14(10)20-15(21)19-13-5-6-18-8-12(13)17/h1-6,8,10,14H,7H2,(H2,18,19,20,21). The molecule has 2 N–H and O–H groups in total. The number of aromatic nitrogens is 1. The van der Waals surface area contributed by atoms with Gasteiger partial charge in [-0.05, 0) is 24.1 Å². The fraction of sp³-hybridized carbons (Fsp3) is 0.200. The number of urea groups is 1. The number of carbonyl (C=O) groups is 1. The van der Waals surface area contributed by atoms with Crippen LogP contribution >= 0.6 is 0 Å². The Kier molecular flexibility index (Phi) is 3.51. The highest BCUT2D eigenvalue weighted by atomic mass is 19.1. The molecule has 2 atom stereocenters. The summed E-state index contributed by atoms with van der Waals surface area (Å²) in [6, 6.07) is 7.23. The number of anilines is 1. The quantitative estimate of drug-likeness (QED) is 0.912. The van der Waals surface area contributed by atoms with Crippen molar-refractivity contribution in [1.82, 2.24) is 10.3 Å². The molecule has 1 aliphatic carbocycles. The topological polar surface area (TPSA) is 54.0 Å². The first-order valence-electron chi connectivity index (χ1n) is 6.56. The Hall–Kier alpha value is -2.50. The van der Waals surface area contributed by atoms with Gasteiger partial charge in [0.05, 0.1) is 11.9 Å². The van der Waals surface area contributed by atoms with Gasteiger partial charge >= 0.3 is 6.03 Å². The van der Waals surface area contributed by atoms with Crippen molar-refractivity contribution < 1.29 is 13.6 Å². The Labute approximate surface area is 120 Å². The molecule has 6 heteroatoms. The molecule has 0 aliphatic heterocycles. The SMILES string of the molecule is O=C(Nc1ccncc1F)NC1CC1c1ccccc1F. The highest BCUT2D eigenvalue weighted by Gasteiger charge is 2.41. The molecule has 0 radical (unpaired) electrons. The monoisotopic (exact) mass is 289 g/mol. The van der Waals surface area contributed by atoms with Gasteiger partial charge < -0.3 is 10.6 Å². The van der Waals surface area contributed by atoms with Crippen LogP contribution in [0.25, 0.3) is 0 Å². The molecule has 1 heterocycles. The Morgan fingerprint density at radius 3 is 2.76 bits per heavy atom. The van der Waals surface area contributed by atoms with Crippen LogP contribution in [-0.2, 0) is 0 Å². The van der Waals surface area contributed by atoms with Crippen LogP contribution in [0.3, 0.4) is 0 Å². The molecule has 21 heavy (non-hydrogen) atoms. The Morgan fingerprint density at radius 1 is 1.19 bits per heavy atom. The molecule has 0 bridgehead atoms. The van der Waals surface area contributed by atoms with Crippen molar-refractivity contribution in [2.24, 2.45) is 0 Å². The number of hydrogen-bond donors (Lipinski definition) is 2. The summed E-state index contributed by atoms with van der Waals surface area (Å²) in [5.74, 6) is -0.902. The molecule has 2 amide bonds. The summed E-state index contributed by atoms with van der Waals surface area (Å²) >= 11 is 0. The Morgan fingerprint density at radius 2 is 2.00 bits per heavy atom. The third-order valence-electron chi connectivity index (χ3n) is 3.43. The molecule has 0 spiro atoms. The van der Waals surface area contributed by atoms with Crippen LogP contribution < -0.4 is 10.6 Å². The predicted octanol–water partition coefficient (Wildman–Crippen LogP) is 3.04. The van der Waals surface area contributed by atoms with Crippen molar-refractivity contribution in [3.63, 3.8) is 0 Å². The van der Waals surface area contributed by atoms with E-state index in [0.29, 0.717) is 12.0 Å². The number of halogens is 2. The van der Waals surface area contributed by atoms with Gasteiger partial charge in [0.25, 0.3) is 0 Å². The zero-order valence-corrected chi connectivity index (χ0v) is 11.0. The van der Waals surface area contributed by atoms with Gasteiger partial charge in [0.2, 0.25) is 0 Å². The molecule has 1 aromatic carbocycles. The average Bonchev–Trinajstić information content (AvgIpc) is 3.21. The molecule has 108 valence electrons. The molecule has 1 fully saturated rings. The maximum atomic E-state index is 13.6. The van der Waals surface area contributed by atoms with Gasteiger partial charge in [0, 0.05) is 18.2 Å². The number of rotatable bonds is 3. The van der Waals surface area contributed by atoms with E-state index in [2.05, 4.69) is 15.6 Å². The van der Waals surface area contributed by atoms with Gasteiger partial charge in [-0.15, -0.1) is 0 Å².